The molecule has 62 valence electrons. The topological polar surface area (TPSA) is 55.1 Å². The summed E-state index contributed by atoms with van der Waals surface area (Å²) in [6, 6.07) is 0. The second-order valence-electron chi connectivity index (χ2n) is 2.19. The van der Waals surface area contributed by atoms with Crippen molar-refractivity contribution < 1.29 is 4.79 Å². The summed E-state index contributed by atoms with van der Waals surface area (Å²) in [5.74, 6) is 4.74. The number of nitrogens with two attached hydrogens (primary N) is 1. The first-order valence-corrected chi connectivity index (χ1v) is 3.50. The third-order valence-electron chi connectivity index (χ3n) is 1.54. The molecule has 0 rings (SSSR count). The maximum atomic E-state index is 11.0. The summed E-state index contributed by atoms with van der Waals surface area (Å²) in [5, 5.41) is 0. The second kappa shape index (κ2) is 4.68. The summed E-state index contributed by atoms with van der Waals surface area (Å²) < 4.78 is 0. The van der Waals surface area contributed by atoms with Gasteiger partial charge < -0.3 is 0 Å². The average Bonchev–Trinajstić information content (AvgIpc) is 2.05. The Labute approximate surface area is 66.9 Å². The van der Waals surface area contributed by atoms with Crippen LogP contribution >= 0.6 is 0 Å². The molecule has 0 saturated heterocycles. The van der Waals surface area contributed by atoms with E-state index in [9.17, 15) is 4.79 Å². The van der Waals surface area contributed by atoms with Gasteiger partial charge >= 0.3 is 0 Å². The predicted molar refractivity (Wildman–Crippen MR) is 45.5 cm³/mol. The standard InChI is InChI=1S/C8H14N2O/c1-4-6(3)7(5-2)8(11)10-9/h4H,1,5,9H2,2-3H3,(H,10,11). The average molecular weight is 154 g/mol. The molecule has 0 aromatic rings. The first kappa shape index (κ1) is 9.91. The molecule has 0 bridgehead atoms. The second-order valence-corrected chi connectivity index (χ2v) is 2.19. The van der Waals surface area contributed by atoms with Gasteiger partial charge in [0.1, 0.15) is 0 Å². The van der Waals surface area contributed by atoms with Gasteiger partial charge in [0.15, 0.2) is 0 Å². The van der Waals surface area contributed by atoms with Gasteiger partial charge in [-0.15, -0.1) is 0 Å². The number of carbonyl (C=O) groups excluding carboxylic acids is 1. The van der Waals surface area contributed by atoms with Crippen LogP contribution in [-0.4, -0.2) is 5.91 Å². The molecule has 3 heteroatoms. The van der Waals surface area contributed by atoms with Crippen molar-refractivity contribution in [1.82, 2.24) is 5.43 Å². The number of rotatable bonds is 3. The minimum Gasteiger partial charge on any atom is -0.290 e. The molecule has 3 N–H and O–H groups in total. The molecule has 0 unspecified atom stereocenters. The maximum absolute atomic E-state index is 11.0. The van der Waals surface area contributed by atoms with E-state index in [1.54, 1.807) is 6.08 Å². The fourth-order valence-electron chi connectivity index (χ4n) is 0.829. The molecule has 0 aliphatic carbocycles. The van der Waals surface area contributed by atoms with Crippen LogP contribution < -0.4 is 11.3 Å². The van der Waals surface area contributed by atoms with Gasteiger partial charge in [-0.3, -0.25) is 10.2 Å². The lowest BCUT2D eigenvalue weighted by atomic mass is 10.1. The van der Waals surface area contributed by atoms with E-state index in [1.807, 2.05) is 13.8 Å². The van der Waals surface area contributed by atoms with E-state index in [2.05, 4.69) is 12.0 Å². The van der Waals surface area contributed by atoms with Crippen LogP contribution in [0.3, 0.4) is 0 Å². The number of allylic oxidation sites excluding steroid dienone is 2. The normalized spacial score (nSPS) is 11.9. The molecule has 0 aromatic heterocycles. The highest BCUT2D eigenvalue weighted by molar-refractivity contribution is 5.93. The predicted octanol–water partition coefficient (Wildman–Crippen LogP) is 0.889. The van der Waals surface area contributed by atoms with E-state index in [4.69, 9.17) is 5.84 Å². The minimum absolute atomic E-state index is 0.232. The Morgan fingerprint density at radius 3 is 2.55 bits per heavy atom. The number of carbonyl (C=O) groups is 1. The van der Waals surface area contributed by atoms with Crippen LogP contribution in [0.15, 0.2) is 23.8 Å². The van der Waals surface area contributed by atoms with E-state index in [-0.39, 0.29) is 5.91 Å². The Balaban J connectivity index is 4.64. The van der Waals surface area contributed by atoms with Gasteiger partial charge in [-0.05, 0) is 18.9 Å². The molecular weight excluding hydrogens is 140 g/mol. The fourth-order valence-corrected chi connectivity index (χ4v) is 0.829. The van der Waals surface area contributed by atoms with Crippen LogP contribution in [0.5, 0.6) is 0 Å². The van der Waals surface area contributed by atoms with Crippen molar-refractivity contribution in [2.75, 3.05) is 0 Å². The monoisotopic (exact) mass is 154 g/mol. The number of hydrazine groups is 1. The highest BCUT2D eigenvalue weighted by Crippen LogP contribution is 2.08. The lowest BCUT2D eigenvalue weighted by Gasteiger charge is -2.04. The molecular formula is C8H14N2O. The summed E-state index contributed by atoms with van der Waals surface area (Å²) in [6.45, 7) is 7.30. The van der Waals surface area contributed by atoms with Crippen LogP contribution in [-0.2, 0) is 4.79 Å². The van der Waals surface area contributed by atoms with Gasteiger partial charge in [0, 0.05) is 5.57 Å². The van der Waals surface area contributed by atoms with Crippen LogP contribution in [0, 0.1) is 0 Å². The maximum Gasteiger partial charge on any atom is 0.261 e. The van der Waals surface area contributed by atoms with Crippen LogP contribution in [0.1, 0.15) is 20.3 Å². The van der Waals surface area contributed by atoms with Crippen molar-refractivity contribution in [2.24, 2.45) is 5.84 Å². The van der Waals surface area contributed by atoms with Crippen molar-refractivity contribution in [2.45, 2.75) is 20.3 Å². The SMILES string of the molecule is C=CC(C)=C(CC)C(=O)NN. The van der Waals surface area contributed by atoms with Gasteiger partial charge in [0.2, 0.25) is 0 Å². The molecule has 11 heavy (non-hydrogen) atoms. The molecule has 0 spiro atoms. The number of amides is 1. The zero-order valence-corrected chi connectivity index (χ0v) is 6.98. The van der Waals surface area contributed by atoms with Gasteiger partial charge in [-0.1, -0.05) is 19.6 Å². The van der Waals surface area contributed by atoms with Crippen LogP contribution in [0.2, 0.25) is 0 Å². The number of hydrogen-bond donors (Lipinski definition) is 2. The Kier molecular flexibility index (Phi) is 4.22. The molecule has 3 nitrogen and oxygen atoms in total. The lowest BCUT2D eigenvalue weighted by Crippen LogP contribution is -2.31. The largest absolute Gasteiger partial charge is 0.290 e. The molecule has 0 saturated carbocycles. The molecule has 0 aliphatic heterocycles. The van der Waals surface area contributed by atoms with E-state index >= 15 is 0 Å². The Bertz CT molecular complexity index is 194. The van der Waals surface area contributed by atoms with Crippen molar-refractivity contribution in [1.29, 1.82) is 0 Å². The summed E-state index contributed by atoms with van der Waals surface area (Å²) in [7, 11) is 0. The third kappa shape index (κ3) is 2.55. The fraction of sp³-hybridized carbons (Fsp3) is 0.375. The summed E-state index contributed by atoms with van der Waals surface area (Å²) in [4.78, 5) is 11.0. The van der Waals surface area contributed by atoms with E-state index < -0.39 is 0 Å². The quantitative estimate of drug-likeness (QED) is 0.208. The molecule has 0 aromatic carbocycles. The number of hydrogen-bond acceptors (Lipinski definition) is 2. The van der Waals surface area contributed by atoms with E-state index in [0.717, 1.165) is 5.57 Å². The molecule has 1 amide bonds. The molecule has 0 heterocycles. The molecule has 0 aliphatic rings. The van der Waals surface area contributed by atoms with E-state index in [1.165, 1.54) is 0 Å². The van der Waals surface area contributed by atoms with Crippen molar-refractivity contribution in [3.05, 3.63) is 23.8 Å². The van der Waals surface area contributed by atoms with Crippen LogP contribution in [0.25, 0.3) is 0 Å². The first-order chi connectivity index (χ1) is 5.17. The zero-order valence-electron chi connectivity index (χ0n) is 6.98. The summed E-state index contributed by atoms with van der Waals surface area (Å²) >= 11 is 0. The lowest BCUT2D eigenvalue weighted by molar-refractivity contribution is -0.117. The van der Waals surface area contributed by atoms with Gasteiger partial charge in [-0.25, -0.2) is 5.84 Å². The van der Waals surface area contributed by atoms with Crippen LogP contribution in [0.4, 0.5) is 0 Å². The van der Waals surface area contributed by atoms with Gasteiger partial charge in [0.25, 0.3) is 5.91 Å². The van der Waals surface area contributed by atoms with Gasteiger partial charge in [-0.2, -0.15) is 0 Å². The third-order valence-corrected chi connectivity index (χ3v) is 1.54. The molecule has 0 fully saturated rings. The minimum atomic E-state index is -0.232. The van der Waals surface area contributed by atoms with Crippen molar-refractivity contribution >= 4 is 5.91 Å². The molecule has 0 atom stereocenters. The highest BCUT2D eigenvalue weighted by atomic mass is 16.2. The zero-order chi connectivity index (χ0) is 8.85. The Morgan fingerprint density at radius 1 is 1.73 bits per heavy atom. The van der Waals surface area contributed by atoms with Gasteiger partial charge in [0.05, 0.1) is 0 Å². The van der Waals surface area contributed by atoms with E-state index in [0.29, 0.717) is 12.0 Å². The van der Waals surface area contributed by atoms with Crippen molar-refractivity contribution in [3.63, 3.8) is 0 Å². The smallest absolute Gasteiger partial charge is 0.261 e. The highest BCUT2D eigenvalue weighted by Gasteiger charge is 2.06. The Morgan fingerprint density at radius 2 is 2.27 bits per heavy atom. The first-order valence-electron chi connectivity index (χ1n) is 3.50. The summed E-state index contributed by atoms with van der Waals surface area (Å²) in [5.41, 5.74) is 3.64. The number of nitrogens with one attached hydrogen (secondary N) is 1. The molecule has 0 radical (unpaired) electrons. The Hall–Kier alpha value is -1.09. The van der Waals surface area contributed by atoms with Crippen molar-refractivity contribution in [3.8, 4) is 0 Å². The summed E-state index contributed by atoms with van der Waals surface area (Å²) in [6.07, 6.45) is 2.31.